The van der Waals surface area contributed by atoms with Crippen molar-refractivity contribution in [3.63, 3.8) is 0 Å². The van der Waals surface area contributed by atoms with Gasteiger partial charge in [0.05, 0.1) is 16.5 Å². The van der Waals surface area contributed by atoms with Crippen LogP contribution in [0.5, 0.6) is 0 Å². The van der Waals surface area contributed by atoms with Gasteiger partial charge in [-0.15, -0.1) is 0 Å². The molecule has 1 saturated heterocycles. The van der Waals surface area contributed by atoms with Crippen LogP contribution in [0.25, 0.3) is 0 Å². The van der Waals surface area contributed by atoms with Crippen LogP contribution in [0.2, 0.25) is 0 Å². The molecule has 1 aliphatic heterocycles. The van der Waals surface area contributed by atoms with Gasteiger partial charge in [0.15, 0.2) is 0 Å². The van der Waals surface area contributed by atoms with Crippen molar-refractivity contribution < 1.29 is 13.5 Å². The van der Waals surface area contributed by atoms with Crippen LogP contribution in [-0.4, -0.2) is 51.2 Å². The summed E-state index contributed by atoms with van der Waals surface area (Å²) in [4.78, 5) is 2.34. The molecule has 1 aromatic carbocycles. The van der Waals surface area contributed by atoms with Crippen LogP contribution in [0.4, 0.5) is 0 Å². The minimum absolute atomic E-state index is 0.165. The monoisotopic (exact) mass is 323 g/mol. The molecule has 0 bridgehead atoms. The summed E-state index contributed by atoms with van der Waals surface area (Å²) in [6.45, 7) is 2.91. The summed E-state index contributed by atoms with van der Waals surface area (Å²) in [7, 11) is -3.54. The molecule has 1 atom stereocenters. The Labute approximate surface area is 131 Å². The van der Waals surface area contributed by atoms with E-state index in [4.69, 9.17) is 5.26 Å². The molecule has 0 saturated carbocycles. The van der Waals surface area contributed by atoms with Gasteiger partial charge in [-0.3, -0.25) is 0 Å². The first-order valence-electron chi connectivity index (χ1n) is 7.38. The SMILES string of the molecule is N#Cc1ccc(S(=O)(=O)NCCN2CCC[C@H](CO)C2)cc1. The average molecular weight is 323 g/mol. The number of nitrogens with one attached hydrogen (secondary N) is 1. The van der Waals surface area contributed by atoms with E-state index < -0.39 is 10.0 Å². The van der Waals surface area contributed by atoms with Crippen LogP contribution < -0.4 is 4.72 Å². The number of sulfonamides is 1. The number of likely N-dealkylation sites (tertiary alicyclic amines) is 1. The Hall–Kier alpha value is -1.46. The summed E-state index contributed by atoms with van der Waals surface area (Å²) in [5, 5.41) is 17.9. The van der Waals surface area contributed by atoms with E-state index in [1.807, 2.05) is 6.07 Å². The van der Waals surface area contributed by atoms with Gasteiger partial charge in [-0.25, -0.2) is 13.1 Å². The number of nitrogens with zero attached hydrogens (tertiary/aromatic N) is 2. The highest BCUT2D eigenvalue weighted by molar-refractivity contribution is 7.89. The minimum atomic E-state index is -3.54. The summed E-state index contributed by atoms with van der Waals surface area (Å²) < 4.78 is 26.9. The zero-order valence-electron chi connectivity index (χ0n) is 12.4. The van der Waals surface area contributed by atoms with E-state index in [0.29, 0.717) is 24.6 Å². The van der Waals surface area contributed by atoms with E-state index >= 15 is 0 Å². The standard InChI is InChI=1S/C15H21N3O3S/c16-10-13-3-5-15(6-4-13)22(20,21)17-7-9-18-8-1-2-14(11-18)12-19/h3-6,14,17,19H,1-2,7-9,11-12H2/t14-/m0/s1. The lowest BCUT2D eigenvalue weighted by molar-refractivity contribution is 0.122. The molecule has 1 heterocycles. The molecule has 0 spiro atoms. The van der Waals surface area contributed by atoms with Gasteiger partial charge in [-0.1, -0.05) is 0 Å². The number of benzene rings is 1. The molecule has 1 aliphatic rings. The Morgan fingerprint density at radius 2 is 2.09 bits per heavy atom. The van der Waals surface area contributed by atoms with Crippen molar-refractivity contribution in [2.45, 2.75) is 17.7 Å². The zero-order valence-corrected chi connectivity index (χ0v) is 13.2. The van der Waals surface area contributed by atoms with Crippen LogP contribution in [0.1, 0.15) is 18.4 Å². The van der Waals surface area contributed by atoms with Crippen LogP contribution in [0.15, 0.2) is 29.2 Å². The second kappa shape index (κ2) is 7.70. The molecule has 7 heteroatoms. The van der Waals surface area contributed by atoms with E-state index in [0.717, 1.165) is 25.9 Å². The third-order valence-corrected chi connectivity index (χ3v) is 5.35. The largest absolute Gasteiger partial charge is 0.396 e. The van der Waals surface area contributed by atoms with Crippen LogP contribution in [0, 0.1) is 17.2 Å². The normalized spacial score (nSPS) is 19.7. The first-order chi connectivity index (χ1) is 10.5. The zero-order chi connectivity index (χ0) is 16.0. The maximum absolute atomic E-state index is 12.1. The minimum Gasteiger partial charge on any atom is -0.396 e. The van der Waals surface area contributed by atoms with Crippen molar-refractivity contribution in [1.82, 2.24) is 9.62 Å². The molecule has 6 nitrogen and oxygen atoms in total. The van der Waals surface area contributed by atoms with Crippen LogP contribution >= 0.6 is 0 Å². The Morgan fingerprint density at radius 1 is 1.36 bits per heavy atom. The Balaban J connectivity index is 1.86. The first kappa shape index (κ1) is 16.9. The van der Waals surface area contributed by atoms with E-state index in [-0.39, 0.29) is 11.5 Å². The Morgan fingerprint density at radius 3 is 2.73 bits per heavy atom. The van der Waals surface area contributed by atoms with Gasteiger partial charge in [-0.2, -0.15) is 5.26 Å². The number of piperidine rings is 1. The number of hydrogen-bond donors (Lipinski definition) is 2. The summed E-state index contributed by atoms with van der Waals surface area (Å²) in [6, 6.07) is 7.81. The van der Waals surface area contributed by atoms with Gasteiger partial charge in [0.25, 0.3) is 0 Å². The molecule has 0 radical (unpaired) electrons. The number of rotatable bonds is 6. The van der Waals surface area contributed by atoms with Crippen molar-refractivity contribution in [3.8, 4) is 6.07 Å². The molecule has 0 unspecified atom stereocenters. The maximum atomic E-state index is 12.1. The van der Waals surface area contributed by atoms with Crippen molar-refractivity contribution in [2.24, 2.45) is 5.92 Å². The summed E-state index contributed by atoms with van der Waals surface area (Å²) >= 11 is 0. The highest BCUT2D eigenvalue weighted by atomic mass is 32.2. The number of nitriles is 1. The van der Waals surface area contributed by atoms with Crippen LogP contribution in [0.3, 0.4) is 0 Å². The highest BCUT2D eigenvalue weighted by Crippen LogP contribution is 2.15. The van der Waals surface area contributed by atoms with Gasteiger partial charge in [0.2, 0.25) is 10.0 Å². The van der Waals surface area contributed by atoms with Crippen molar-refractivity contribution in [1.29, 1.82) is 5.26 Å². The summed E-state index contributed by atoms with van der Waals surface area (Å²) in [6.07, 6.45) is 2.07. The maximum Gasteiger partial charge on any atom is 0.240 e. The Bertz CT molecular complexity index is 622. The summed E-state index contributed by atoms with van der Waals surface area (Å²) in [5.74, 6) is 0.295. The van der Waals surface area contributed by atoms with E-state index in [1.165, 1.54) is 24.3 Å². The number of aliphatic hydroxyl groups excluding tert-OH is 1. The fourth-order valence-electron chi connectivity index (χ4n) is 2.63. The lowest BCUT2D eigenvalue weighted by Crippen LogP contribution is -2.41. The van der Waals surface area contributed by atoms with Gasteiger partial charge in [-0.05, 0) is 49.6 Å². The van der Waals surface area contributed by atoms with E-state index in [9.17, 15) is 13.5 Å². The Kier molecular flexibility index (Phi) is 5.91. The van der Waals surface area contributed by atoms with Crippen LogP contribution in [-0.2, 0) is 10.0 Å². The fraction of sp³-hybridized carbons (Fsp3) is 0.533. The van der Waals surface area contributed by atoms with Gasteiger partial charge < -0.3 is 10.0 Å². The molecular formula is C15H21N3O3S. The van der Waals surface area contributed by atoms with Gasteiger partial charge in [0.1, 0.15) is 0 Å². The van der Waals surface area contributed by atoms with E-state index in [1.54, 1.807) is 0 Å². The lowest BCUT2D eigenvalue weighted by atomic mass is 9.99. The number of hydrogen-bond acceptors (Lipinski definition) is 5. The molecule has 1 aromatic rings. The second-order valence-electron chi connectivity index (χ2n) is 5.53. The lowest BCUT2D eigenvalue weighted by Gasteiger charge is -2.31. The molecule has 0 amide bonds. The quantitative estimate of drug-likeness (QED) is 0.797. The predicted molar refractivity (Wildman–Crippen MR) is 82.6 cm³/mol. The average Bonchev–Trinajstić information content (AvgIpc) is 2.55. The van der Waals surface area contributed by atoms with E-state index in [2.05, 4.69) is 9.62 Å². The molecular weight excluding hydrogens is 302 g/mol. The third-order valence-electron chi connectivity index (χ3n) is 3.88. The molecule has 0 aliphatic carbocycles. The molecule has 0 aromatic heterocycles. The van der Waals surface area contributed by atoms with Crippen molar-refractivity contribution in [2.75, 3.05) is 32.8 Å². The molecule has 22 heavy (non-hydrogen) atoms. The highest BCUT2D eigenvalue weighted by Gasteiger charge is 2.19. The van der Waals surface area contributed by atoms with Gasteiger partial charge in [0, 0.05) is 26.2 Å². The topological polar surface area (TPSA) is 93.4 Å². The second-order valence-corrected chi connectivity index (χ2v) is 7.29. The predicted octanol–water partition coefficient (Wildman–Crippen LogP) is 0.541. The number of aliphatic hydroxyl groups is 1. The van der Waals surface area contributed by atoms with Crippen molar-refractivity contribution >= 4 is 10.0 Å². The molecule has 120 valence electrons. The molecule has 2 N–H and O–H groups in total. The third kappa shape index (κ3) is 4.52. The van der Waals surface area contributed by atoms with Crippen molar-refractivity contribution in [3.05, 3.63) is 29.8 Å². The summed E-state index contributed by atoms with van der Waals surface area (Å²) in [5.41, 5.74) is 0.433. The fourth-order valence-corrected chi connectivity index (χ4v) is 3.65. The van der Waals surface area contributed by atoms with Gasteiger partial charge >= 0.3 is 0 Å². The molecule has 1 fully saturated rings. The smallest absolute Gasteiger partial charge is 0.240 e. The molecule has 2 rings (SSSR count). The first-order valence-corrected chi connectivity index (χ1v) is 8.86.